The number of nitrogens with zero attached hydrogens (tertiary/aromatic N) is 13. The lowest BCUT2D eigenvalue weighted by atomic mass is 9.97. The molecule has 6 N–H and O–H groups in total. The number of terminal acetylenes is 1. The summed E-state index contributed by atoms with van der Waals surface area (Å²) in [6.07, 6.45) is 11.5. The fraction of sp³-hybridized carbons (Fsp3) is 0.653. The van der Waals surface area contributed by atoms with Gasteiger partial charge in [0, 0.05) is 65.3 Å². The van der Waals surface area contributed by atoms with Crippen molar-refractivity contribution in [2.45, 2.75) is 91.4 Å². The monoisotopic (exact) mass is 985 g/mol. The fourth-order valence-electron chi connectivity index (χ4n) is 8.63. The Morgan fingerprint density at radius 1 is 0.718 bits per heavy atom. The number of phenolic OH excluding ortho intramolecular Hbond substituents is 1. The van der Waals surface area contributed by atoms with Crippen molar-refractivity contribution in [1.82, 2.24) is 54.7 Å². The fourth-order valence-corrected chi connectivity index (χ4v) is 8.63. The first-order chi connectivity index (χ1) is 34.2. The van der Waals surface area contributed by atoms with E-state index < -0.39 is 12.1 Å². The first-order valence-electron chi connectivity index (χ1n) is 25.1. The Morgan fingerprint density at radius 2 is 1.23 bits per heavy atom. The molecule has 0 bridgehead atoms. The van der Waals surface area contributed by atoms with Crippen molar-refractivity contribution >= 4 is 29.7 Å². The van der Waals surface area contributed by atoms with Crippen LogP contribution in [0.1, 0.15) is 102 Å². The number of piperazine rings is 2. The topological polar surface area (TPSA) is 259 Å². The highest BCUT2D eigenvalue weighted by Crippen LogP contribution is 2.28. The molecule has 5 atom stereocenters. The van der Waals surface area contributed by atoms with Crippen LogP contribution in [0.25, 0.3) is 0 Å². The van der Waals surface area contributed by atoms with Gasteiger partial charge in [0.1, 0.15) is 24.4 Å². The first-order valence-corrected chi connectivity index (χ1v) is 25.1. The minimum atomic E-state index is -0.687. The number of hydrogen-bond donors (Lipinski definition) is 4. The zero-order valence-electron chi connectivity index (χ0n) is 42.5. The summed E-state index contributed by atoms with van der Waals surface area (Å²) in [5.41, 5.74) is 15.1. The smallest absolute Gasteiger partial charge is 0.247 e. The second-order valence-electron chi connectivity index (χ2n) is 19.2. The summed E-state index contributed by atoms with van der Waals surface area (Å²) < 4.78 is 19.9. The third kappa shape index (κ3) is 15.8. The van der Waals surface area contributed by atoms with Gasteiger partial charge in [-0.25, -0.2) is 9.36 Å². The number of rotatable bonds is 27. The Labute approximate surface area is 418 Å². The summed E-state index contributed by atoms with van der Waals surface area (Å²) in [6, 6.07) is 5.07. The van der Waals surface area contributed by atoms with Crippen LogP contribution >= 0.6 is 0 Å². The summed E-state index contributed by atoms with van der Waals surface area (Å²) in [5.74, 6) is 4.58. The highest BCUT2D eigenvalue weighted by Gasteiger charge is 2.35. The van der Waals surface area contributed by atoms with Gasteiger partial charge in [0.2, 0.25) is 29.7 Å². The largest absolute Gasteiger partial charge is 0.508 e. The maximum Gasteiger partial charge on any atom is 0.247 e. The molecule has 22 heteroatoms. The van der Waals surface area contributed by atoms with Crippen LogP contribution in [0.5, 0.6) is 5.75 Å². The molecular weight excluding hydrogens is 909 g/mol. The van der Waals surface area contributed by atoms with Crippen LogP contribution in [0.3, 0.4) is 0 Å². The van der Waals surface area contributed by atoms with Gasteiger partial charge in [-0.1, -0.05) is 76.4 Å². The molecule has 0 radical (unpaired) electrons. The number of hydrogen-bond acceptors (Lipinski definition) is 18. The highest BCUT2D eigenvalue weighted by atomic mass is 16.5. The van der Waals surface area contributed by atoms with Gasteiger partial charge in [-0.05, 0) is 48.3 Å². The molecule has 2 saturated heterocycles. The second-order valence-corrected chi connectivity index (χ2v) is 19.2. The number of nitrogens with two attached hydrogens (primary N) is 2. The maximum atomic E-state index is 14.5. The van der Waals surface area contributed by atoms with Crippen molar-refractivity contribution in [3.63, 3.8) is 0 Å². The van der Waals surface area contributed by atoms with Crippen molar-refractivity contribution in [2.24, 2.45) is 29.2 Å². The van der Waals surface area contributed by atoms with Crippen molar-refractivity contribution in [1.29, 1.82) is 0 Å². The van der Waals surface area contributed by atoms with Gasteiger partial charge in [0.25, 0.3) is 0 Å². The molecule has 3 aromatic heterocycles. The van der Waals surface area contributed by atoms with E-state index in [1.165, 1.54) is 0 Å². The van der Waals surface area contributed by atoms with Gasteiger partial charge in [-0.2, -0.15) is 15.0 Å². The van der Waals surface area contributed by atoms with Gasteiger partial charge in [-0.3, -0.25) is 9.59 Å². The Bertz CT molecular complexity index is 2290. The summed E-state index contributed by atoms with van der Waals surface area (Å²) >= 11 is 0. The molecule has 0 spiro atoms. The Hall–Kier alpha value is -5.99. The van der Waals surface area contributed by atoms with E-state index in [4.69, 9.17) is 47.1 Å². The van der Waals surface area contributed by atoms with Gasteiger partial charge < -0.3 is 55.7 Å². The van der Waals surface area contributed by atoms with E-state index in [1.54, 1.807) is 27.7 Å². The Morgan fingerprint density at radius 3 is 1.76 bits per heavy atom. The molecule has 6 rings (SSSR count). The summed E-state index contributed by atoms with van der Waals surface area (Å²) in [7, 11) is 0. The zero-order chi connectivity index (χ0) is 50.9. The Kier molecular flexibility index (Phi) is 20.7. The van der Waals surface area contributed by atoms with Gasteiger partial charge >= 0.3 is 0 Å². The predicted molar refractivity (Wildman–Crippen MR) is 269 cm³/mol. The van der Waals surface area contributed by atoms with Crippen molar-refractivity contribution < 1.29 is 28.9 Å². The molecule has 2 aliphatic rings. The van der Waals surface area contributed by atoms with Crippen molar-refractivity contribution in [2.75, 3.05) is 114 Å². The maximum absolute atomic E-state index is 14.5. The molecule has 2 amide bonds. The van der Waals surface area contributed by atoms with Crippen LogP contribution in [0.15, 0.2) is 36.7 Å². The average Bonchev–Trinajstić information content (AvgIpc) is 4.07. The number of phenols is 1. The molecule has 2 fully saturated rings. The molecule has 388 valence electrons. The van der Waals surface area contributed by atoms with Crippen molar-refractivity contribution in [3.05, 3.63) is 53.6 Å². The standard InChI is InChI=1S/C49H76N16O6/c1-8-23-69-25-27-71-28-26-70-24-14-52-47-53-48(55-49(54-47)63-21-17-61(18-22-63)46(68)44(36(7)9-2)65-33-42(57-59-65)40(51)30-35(5)6)62-19-15-60(16-20-62)45(67)43(31-37-10-12-38(66)13-11-37)64-32-41(56-58-64)39(50)29-34(3)4/h1,10-13,32-36,39-40,43-44,66H,9,14-31,50-51H2,2-7H3,(H,52,53,54,55)/t36-,39-,40-,43+,44-/m0/s1. The van der Waals surface area contributed by atoms with E-state index in [-0.39, 0.29) is 42.2 Å². The van der Waals surface area contributed by atoms with E-state index in [9.17, 15) is 14.7 Å². The molecule has 1 aromatic carbocycles. The number of benzene rings is 1. The lowest BCUT2D eigenvalue weighted by Crippen LogP contribution is -2.52. The van der Waals surface area contributed by atoms with Crippen LogP contribution in [-0.4, -0.2) is 170 Å². The number of amides is 2. The number of anilines is 3. The predicted octanol–water partition coefficient (Wildman–Crippen LogP) is 3.02. The molecule has 0 saturated carbocycles. The van der Waals surface area contributed by atoms with E-state index in [1.807, 2.05) is 28.1 Å². The van der Waals surface area contributed by atoms with E-state index >= 15 is 0 Å². The first kappa shape index (κ1) is 54.3. The summed E-state index contributed by atoms with van der Waals surface area (Å²) in [6.45, 7) is 19.0. The molecule has 71 heavy (non-hydrogen) atoms. The molecule has 2 aliphatic heterocycles. The molecule has 22 nitrogen and oxygen atoms in total. The van der Waals surface area contributed by atoms with Gasteiger partial charge in [0.05, 0.1) is 68.9 Å². The van der Waals surface area contributed by atoms with E-state index in [2.05, 4.69) is 83.2 Å². The van der Waals surface area contributed by atoms with E-state index in [0.29, 0.717) is 139 Å². The SMILES string of the molecule is C#CCOCCOCCOCCNc1nc(N2CCN(C(=O)[C@@H](Cc3ccc(O)cc3)n3cc([C@@H](N)CC(C)C)nn3)CC2)nc(N2CCN(C(=O)[C@H]([C@@H](C)CC)n3cc([C@@H](N)CC(C)C)nn3)CC2)n1. The van der Waals surface area contributed by atoms with E-state index in [0.717, 1.165) is 24.8 Å². The molecule has 4 aromatic rings. The minimum absolute atomic E-state index is 0.00844. The quantitative estimate of drug-likeness (QED) is 0.0495. The number of aromatic hydroxyl groups is 1. The summed E-state index contributed by atoms with van der Waals surface area (Å²) in [5, 5.41) is 30.9. The van der Waals surface area contributed by atoms with Crippen LogP contribution in [0.4, 0.5) is 17.8 Å². The van der Waals surface area contributed by atoms with Crippen LogP contribution in [0.2, 0.25) is 0 Å². The highest BCUT2D eigenvalue weighted by molar-refractivity contribution is 5.81. The van der Waals surface area contributed by atoms with Gasteiger partial charge in [0.15, 0.2) is 0 Å². The summed E-state index contributed by atoms with van der Waals surface area (Å²) in [4.78, 5) is 51.4. The van der Waals surface area contributed by atoms with Crippen LogP contribution in [0, 0.1) is 30.1 Å². The zero-order valence-corrected chi connectivity index (χ0v) is 42.5. The van der Waals surface area contributed by atoms with Crippen LogP contribution < -0.4 is 26.6 Å². The third-order valence-corrected chi connectivity index (χ3v) is 12.8. The molecule has 0 aliphatic carbocycles. The Balaban J connectivity index is 1.14. The van der Waals surface area contributed by atoms with Gasteiger partial charge in [-0.15, -0.1) is 16.6 Å². The number of carbonyl (C=O) groups is 2. The minimum Gasteiger partial charge on any atom is -0.508 e. The number of carbonyl (C=O) groups excluding carboxylic acids is 2. The molecule has 0 unspecified atom stereocenters. The lowest BCUT2D eigenvalue weighted by Gasteiger charge is -2.38. The number of ether oxygens (including phenoxy) is 3. The average molecular weight is 985 g/mol. The lowest BCUT2D eigenvalue weighted by molar-refractivity contribution is -0.137. The van der Waals surface area contributed by atoms with Crippen LogP contribution in [-0.2, 0) is 30.2 Å². The molecular formula is C49H76N16O6. The third-order valence-electron chi connectivity index (χ3n) is 12.8. The van der Waals surface area contributed by atoms with Crippen molar-refractivity contribution in [3.8, 4) is 18.1 Å². The molecule has 5 heterocycles. The number of nitrogens with one attached hydrogen (secondary N) is 1. The second kappa shape index (κ2) is 27.0. The number of aromatic nitrogens is 9. The normalized spacial score (nSPS) is 16.5.